The summed E-state index contributed by atoms with van der Waals surface area (Å²) in [6, 6.07) is 4.09. The van der Waals surface area contributed by atoms with Crippen LogP contribution in [0.25, 0.3) is 0 Å². The molecule has 106 valence electrons. The molecule has 1 unspecified atom stereocenters. The number of pyridine rings is 1. The maximum absolute atomic E-state index is 9.18. The van der Waals surface area contributed by atoms with E-state index in [-0.39, 0.29) is 5.92 Å². The van der Waals surface area contributed by atoms with Crippen LogP contribution >= 0.6 is 0 Å². The van der Waals surface area contributed by atoms with Crippen LogP contribution in [-0.4, -0.2) is 28.2 Å². The third kappa shape index (κ3) is 2.25. The molecule has 1 saturated carbocycles. The minimum atomic E-state index is 0.254. The van der Waals surface area contributed by atoms with Gasteiger partial charge >= 0.3 is 0 Å². The van der Waals surface area contributed by atoms with Gasteiger partial charge in [-0.2, -0.15) is 10.2 Å². The molecule has 6 heteroatoms. The lowest BCUT2D eigenvalue weighted by Gasteiger charge is -2.18. The summed E-state index contributed by atoms with van der Waals surface area (Å²) >= 11 is 0. The van der Waals surface area contributed by atoms with E-state index in [1.807, 2.05) is 6.07 Å². The van der Waals surface area contributed by atoms with Gasteiger partial charge in [0.2, 0.25) is 5.89 Å². The van der Waals surface area contributed by atoms with Crippen LogP contribution in [0.3, 0.4) is 0 Å². The van der Waals surface area contributed by atoms with Crippen molar-refractivity contribution >= 4 is 5.69 Å². The Bertz CT molecular complexity index is 700. The topological polar surface area (TPSA) is 78.8 Å². The molecule has 1 saturated heterocycles. The molecule has 2 aliphatic rings. The van der Waals surface area contributed by atoms with Gasteiger partial charge in [0.15, 0.2) is 5.82 Å². The molecule has 2 aromatic heterocycles. The number of rotatable bonds is 3. The molecule has 0 bridgehead atoms. The van der Waals surface area contributed by atoms with Gasteiger partial charge in [0.25, 0.3) is 0 Å². The number of anilines is 1. The lowest BCUT2D eigenvalue weighted by molar-refractivity contribution is 0.355. The Hall–Kier alpha value is -2.42. The van der Waals surface area contributed by atoms with Gasteiger partial charge in [0.1, 0.15) is 6.07 Å². The molecule has 0 amide bonds. The number of aromatic nitrogens is 3. The van der Waals surface area contributed by atoms with Crippen LogP contribution in [0.4, 0.5) is 5.69 Å². The predicted octanol–water partition coefficient (Wildman–Crippen LogP) is 2.21. The molecule has 6 nitrogen and oxygen atoms in total. The third-order valence-corrected chi connectivity index (χ3v) is 4.20. The Balaban J connectivity index is 1.52. The van der Waals surface area contributed by atoms with Crippen LogP contribution in [0, 0.1) is 11.3 Å². The van der Waals surface area contributed by atoms with Crippen LogP contribution in [0.2, 0.25) is 0 Å². The standard InChI is InChI=1S/C15H15N5O/c16-7-12-8-17-5-3-13(12)20-6-4-11(9-20)15-18-14(19-21-15)10-1-2-10/h3,5,8,10-11H,1-2,4,6,9H2. The summed E-state index contributed by atoms with van der Waals surface area (Å²) in [7, 11) is 0. The number of hydrogen-bond acceptors (Lipinski definition) is 6. The fraction of sp³-hybridized carbons (Fsp3) is 0.467. The van der Waals surface area contributed by atoms with Gasteiger partial charge in [0.05, 0.1) is 17.2 Å². The molecule has 0 aromatic carbocycles. The maximum atomic E-state index is 9.18. The van der Waals surface area contributed by atoms with Crippen LogP contribution in [0.5, 0.6) is 0 Å². The second kappa shape index (κ2) is 4.85. The molecule has 3 heterocycles. The zero-order valence-electron chi connectivity index (χ0n) is 11.6. The monoisotopic (exact) mass is 281 g/mol. The van der Waals surface area contributed by atoms with Gasteiger partial charge in [-0.25, -0.2) is 0 Å². The summed E-state index contributed by atoms with van der Waals surface area (Å²) in [4.78, 5) is 10.7. The second-order valence-corrected chi connectivity index (χ2v) is 5.70. The largest absolute Gasteiger partial charge is 0.370 e. The zero-order valence-corrected chi connectivity index (χ0v) is 11.6. The van der Waals surface area contributed by atoms with Gasteiger partial charge < -0.3 is 9.42 Å². The smallest absolute Gasteiger partial charge is 0.231 e. The molecule has 0 N–H and O–H groups in total. The molecule has 4 rings (SSSR count). The van der Waals surface area contributed by atoms with Crippen molar-refractivity contribution in [3.8, 4) is 6.07 Å². The predicted molar refractivity (Wildman–Crippen MR) is 74.8 cm³/mol. The zero-order chi connectivity index (χ0) is 14.2. The number of nitrogens with zero attached hydrogens (tertiary/aromatic N) is 5. The summed E-state index contributed by atoms with van der Waals surface area (Å²) in [6.07, 6.45) is 6.66. The third-order valence-electron chi connectivity index (χ3n) is 4.20. The SMILES string of the molecule is N#Cc1cnccc1N1CCC(c2nc(C3CC3)no2)C1. The average Bonchev–Trinajstić information content (AvgIpc) is 3.07. The first kappa shape index (κ1) is 12.3. The van der Waals surface area contributed by atoms with E-state index in [9.17, 15) is 5.26 Å². The molecule has 2 aromatic rings. The highest BCUT2D eigenvalue weighted by atomic mass is 16.5. The average molecular weight is 281 g/mol. The quantitative estimate of drug-likeness (QED) is 0.858. The van der Waals surface area contributed by atoms with Crippen molar-refractivity contribution < 1.29 is 4.52 Å². The molecular formula is C15H15N5O. The highest BCUT2D eigenvalue weighted by Crippen LogP contribution is 2.39. The van der Waals surface area contributed by atoms with Crippen molar-refractivity contribution in [2.24, 2.45) is 0 Å². The number of hydrogen-bond donors (Lipinski definition) is 0. The summed E-state index contributed by atoms with van der Waals surface area (Å²) in [5.74, 6) is 2.38. The summed E-state index contributed by atoms with van der Waals surface area (Å²) in [5, 5.41) is 13.3. The van der Waals surface area contributed by atoms with Crippen molar-refractivity contribution in [3.63, 3.8) is 0 Å². The van der Waals surface area contributed by atoms with Gasteiger partial charge in [-0.3, -0.25) is 4.98 Å². The van der Waals surface area contributed by atoms with E-state index < -0.39 is 0 Å². The van der Waals surface area contributed by atoms with E-state index in [2.05, 4.69) is 26.1 Å². The van der Waals surface area contributed by atoms with Gasteiger partial charge in [0, 0.05) is 31.4 Å². The fourth-order valence-corrected chi connectivity index (χ4v) is 2.85. The molecule has 21 heavy (non-hydrogen) atoms. The van der Waals surface area contributed by atoms with Crippen molar-refractivity contribution in [2.45, 2.75) is 31.1 Å². The van der Waals surface area contributed by atoms with Crippen molar-refractivity contribution in [2.75, 3.05) is 18.0 Å². The van der Waals surface area contributed by atoms with Crippen LogP contribution in [-0.2, 0) is 0 Å². The van der Waals surface area contributed by atoms with E-state index in [0.717, 1.165) is 36.9 Å². The minimum Gasteiger partial charge on any atom is -0.370 e. The second-order valence-electron chi connectivity index (χ2n) is 5.70. The van der Waals surface area contributed by atoms with Crippen molar-refractivity contribution in [1.29, 1.82) is 5.26 Å². The Morgan fingerprint density at radius 2 is 2.19 bits per heavy atom. The Morgan fingerprint density at radius 3 is 3.00 bits per heavy atom. The molecule has 0 spiro atoms. The normalized spacial score (nSPS) is 21.5. The lowest BCUT2D eigenvalue weighted by atomic mass is 10.1. The first-order valence-corrected chi connectivity index (χ1v) is 7.27. The first-order valence-electron chi connectivity index (χ1n) is 7.27. The summed E-state index contributed by atoms with van der Waals surface area (Å²) < 4.78 is 5.43. The summed E-state index contributed by atoms with van der Waals surface area (Å²) in [6.45, 7) is 1.70. The Morgan fingerprint density at radius 1 is 1.29 bits per heavy atom. The molecule has 0 radical (unpaired) electrons. The minimum absolute atomic E-state index is 0.254. The van der Waals surface area contributed by atoms with Gasteiger partial charge in [-0.15, -0.1) is 0 Å². The maximum Gasteiger partial charge on any atom is 0.231 e. The molecular weight excluding hydrogens is 266 g/mol. The van der Waals surface area contributed by atoms with E-state index in [1.165, 1.54) is 12.8 Å². The van der Waals surface area contributed by atoms with E-state index in [1.54, 1.807) is 12.4 Å². The van der Waals surface area contributed by atoms with E-state index in [0.29, 0.717) is 11.5 Å². The highest BCUT2D eigenvalue weighted by molar-refractivity contribution is 5.58. The first-order chi connectivity index (χ1) is 10.3. The van der Waals surface area contributed by atoms with Crippen molar-refractivity contribution in [1.82, 2.24) is 15.1 Å². The fourth-order valence-electron chi connectivity index (χ4n) is 2.85. The van der Waals surface area contributed by atoms with E-state index >= 15 is 0 Å². The number of nitriles is 1. The van der Waals surface area contributed by atoms with E-state index in [4.69, 9.17) is 4.52 Å². The lowest BCUT2D eigenvalue weighted by Crippen LogP contribution is -2.20. The summed E-state index contributed by atoms with van der Waals surface area (Å²) in [5.41, 5.74) is 1.55. The molecule has 1 aliphatic carbocycles. The van der Waals surface area contributed by atoms with Crippen LogP contribution < -0.4 is 4.90 Å². The molecule has 1 aliphatic heterocycles. The highest BCUT2D eigenvalue weighted by Gasteiger charge is 2.33. The Kier molecular flexibility index (Phi) is 2.85. The molecule has 2 fully saturated rings. The van der Waals surface area contributed by atoms with Crippen LogP contribution in [0.1, 0.15) is 48.4 Å². The van der Waals surface area contributed by atoms with Crippen molar-refractivity contribution in [3.05, 3.63) is 35.7 Å². The van der Waals surface area contributed by atoms with Crippen LogP contribution in [0.15, 0.2) is 23.0 Å². The molecule has 1 atom stereocenters. The van der Waals surface area contributed by atoms with Gasteiger partial charge in [-0.1, -0.05) is 5.16 Å². The Labute approximate surface area is 122 Å². The van der Waals surface area contributed by atoms with Gasteiger partial charge in [-0.05, 0) is 25.3 Å².